The van der Waals surface area contributed by atoms with Crippen molar-refractivity contribution in [2.45, 2.75) is 18.9 Å². The van der Waals surface area contributed by atoms with Crippen LogP contribution in [0.5, 0.6) is 0 Å². The van der Waals surface area contributed by atoms with Crippen molar-refractivity contribution in [2.75, 3.05) is 0 Å². The summed E-state index contributed by atoms with van der Waals surface area (Å²) in [5, 5.41) is 15.5. The summed E-state index contributed by atoms with van der Waals surface area (Å²) >= 11 is 6.02. The highest BCUT2D eigenvalue weighted by atomic mass is 35.5. The largest absolute Gasteiger partial charge is 0.478 e. The van der Waals surface area contributed by atoms with Crippen LogP contribution in [0.3, 0.4) is 0 Å². The Kier molecular flexibility index (Phi) is 4.54. The average molecular weight is 381 g/mol. The SMILES string of the molecule is O=C(O)/C=C\C(=O)N1N=C2c3ccccc3CCC2C1c1ccc(Cl)cc1. The fourth-order valence-corrected chi connectivity index (χ4v) is 3.98. The second-order valence-electron chi connectivity index (χ2n) is 6.64. The molecule has 2 atom stereocenters. The first-order valence-corrected chi connectivity index (χ1v) is 9.09. The summed E-state index contributed by atoms with van der Waals surface area (Å²) in [4.78, 5) is 23.5. The van der Waals surface area contributed by atoms with Gasteiger partial charge in [0.05, 0.1) is 11.8 Å². The van der Waals surface area contributed by atoms with Crippen LogP contribution in [0.2, 0.25) is 5.02 Å². The molecule has 0 radical (unpaired) electrons. The zero-order chi connectivity index (χ0) is 19.0. The van der Waals surface area contributed by atoms with E-state index in [4.69, 9.17) is 16.7 Å². The molecule has 0 bridgehead atoms. The van der Waals surface area contributed by atoms with Crippen molar-refractivity contribution in [2.24, 2.45) is 11.0 Å². The number of hydrogen-bond acceptors (Lipinski definition) is 3. The Morgan fingerprint density at radius 1 is 1.11 bits per heavy atom. The van der Waals surface area contributed by atoms with Crippen molar-refractivity contribution in [3.8, 4) is 0 Å². The first kappa shape index (κ1) is 17.5. The third-order valence-corrected chi connectivity index (χ3v) is 5.29. The molecular weight excluding hydrogens is 364 g/mol. The molecule has 1 aliphatic heterocycles. The molecular formula is C21H17ClN2O3. The summed E-state index contributed by atoms with van der Waals surface area (Å²) in [6, 6.07) is 15.2. The number of aryl methyl sites for hydroxylation is 1. The Labute approximate surface area is 161 Å². The quantitative estimate of drug-likeness (QED) is 0.822. The first-order chi connectivity index (χ1) is 13.0. The molecule has 6 heteroatoms. The van der Waals surface area contributed by atoms with Crippen LogP contribution in [0.25, 0.3) is 0 Å². The van der Waals surface area contributed by atoms with Gasteiger partial charge in [0.25, 0.3) is 5.91 Å². The zero-order valence-electron chi connectivity index (χ0n) is 14.4. The van der Waals surface area contributed by atoms with E-state index in [2.05, 4.69) is 11.2 Å². The number of nitrogens with zero attached hydrogens (tertiary/aromatic N) is 2. The van der Waals surface area contributed by atoms with E-state index in [1.165, 1.54) is 10.6 Å². The highest BCUT2D eigenvalue weighted by Crippen LogP contribution is 2.43. The summed E-state index contributed by atoms with van der Waals surface area (Å²) in [6.07, 6.45) is 3.68. The van der Waals surface area contributed by atoms with Crippen LogP contribution in [-0.4, -0.2) is 27.7 Å². The van der Waals surface area contributed by atoms with E-state index in [9.17, 15) is 9.59 Å². The molecule has 0 fully saturated rings. The number of amides is 1. The maximum Gasteiger partial charge on any atom is 0.328 e. The number of halogens is 1. The number of fused-ring (bicyclic) bond motifs is 3. The van der Waals surface area contributed by atoms with Gasteiger partial charge in [-0.3, -0.25) is 4.79 Å². The van der Waals surface area contributed by atoms with Gasteiger partial charge in [-0.05, 0) is 36.1 Å². The van der Waals surface area contributed by atoms with Crippen LogP contribution in [0.15, 0.2) is 65.8 Å². The second-order valence-corrected chi connectivity index (χ2v) is 7.07. The van der Waals surface area contributed by atoms with Gasteiger partial charge in [0.1, 0.15) is 0 Å². The molecule has 136 valence electrons. The monoisotopic (exact) mass is 380 g/mol. The van der Waals surface area contributed by atoms with Gasteiger partial charge in [-0.1, -0.05) is 48.0 Å². The minimum atomic E-state index is -1.17. The highest BCUT2D eigenvalue weighted by molar-refractivity contribution is 6.30. The summed E-state index contributed by atoms with van der Waals surface area (Å²) < 4.78 is 0. The smallest absolute Gasteiger partial charge is 0.328 e. The minimum Gasteiger partial charge on any atom is -0.478 e. The summed E-state index contributed by atoms with van der Waals surface area (Å²) in [5.41, 5.74) is 4.09. The fourth-order valence-electron chi connectivity index (χ4n) is 3.86. The van der Waals surface area contributed by atoms with Gasteiger partial charge in [-0.15, -0.1) is 0 Å². The van der Waals surface area contributed by atoms with Gasteiger partial charge < -0.3 is 5.11 Å². The molecule has 0 aromatic heterocycles. The molecule has 2 aromatic rings. The molecule has 0 saturated carbocycles. The lowest BCUT2D eigenvalue weighted by Gasteiger charge is -2.29. The van der Waals surface area contributed by atoms with E-state index in [1.54, 1.807) is 12.1 Å². The number of hydrazone groups is 1. The average Bonchev–Trinajstić information content (AvgIpc) is 3.07. The molecule has 2 aliphatic rings. The predicted octanol–water partition coefficient (Wildman–Crippen LogP) is 3.83. The molecule has 1 N–H and O–H groups in total. The van der Waals surface area contributed by atoms with Gasteiger partial charge in [-0.2, -0.15) is 5.10 Å². The Morgan fingerprint density at radius 2 is 1.85 bits per heavy atom. The van der Waals surface area contributed by atoms with Crippen molar-refractivity contribution in [3.05, 3.63) is 82.4 Å². The van der Waals surface area contributed by atoms with Crippen LogP contribution < -0.4 is 0 Å². The number of carboxylic acid groups (broad SMARTS) is 1. The maximum absolute atomic E-state index is 12.7. The van der Waals surface area contributed by atoms with Gasteiger partial charge in [-0.25, -0.2) is 9.80 Å². The Balaban J connectivity index is 1.78. The second kappa shape index (κ2) is 7.00. The van der Waals surface area contributed by atoms with Crippen molar-refractivity contribution < 1.29 is 14.7 Å². The normalized spacial score (nSPS) is 20.9. The molecule has 0 spiro atoms. The van der Waals surface area contributed by atoms with Crippen LogP contribution >= 0.6 is 11.6 Å². The summed E-state index contributed by atoms with van der Waals surface area (Å²) in [7, 11) is 0. The maximum atomic E-state index is 12.7. The van der Waals surface area contributed by atoms with Gasteiger partial charge >= 0.3 is 5.97 Å². The lowest BCUT2D eigenvalue weighted by molar-refractivity contribution is -0.132. The van der Waals surface area contributed by atoms with Gasteiger partial charge in [0, 0.05) is 28.7 Å². The first-order valence-electron chi connectivity index (χ1n) is 8.71. The standard InChI is InChI=1S/C21H17ClN2O3/c22-15-8-5-14(6-9-15)21-17-10-7-13-3-1-2-4-16(13)20(17)23-24(21)18(25)11-12-19(26)27/h1-6,8-9,11-12,17,21H,7,10H2,(H,26,27)/b12-11-. The molecule has 1 amide bonds. The zero-order valence-corrected chi connectivity index (χ0v) is 15.1. The highest BCUT2D eigenvalue weighted by Gasteiger charge is 2.43. The van der Waals surface area contributed by atoms with Crippen LogP contribution in [0.4, 0.5) is 0 Å². The molecule has 2 aromatic carbocycles. The summed E-state index contributed by atoms with van der Waals surface area (Å²) in [6.45, 7) is 0. The Morgan fingerprint density at radius 3 is 2.59 bits per heavy atom. The third kappa shape index (κ3) is 3.26. The minimum absolute atomic E-state index is 0.0586. The van der Waals surface area contributed by atoms with Crippen molar-refractivity contribution in [1.29, 1.82) is 0 Å². The van der Waals surface area contributed by atoms with Crippen LogP contribution in [0.1, 0.15) is 29.2 Å². The van der Waals surface area contributed by atoms with E-state index in [0.717, 1.165) is 41.8 Å². The van der Waals surface area contributed by atoms with E-state index in [0.29, 0.717) is 5.02 Å². The lowest BCUT2D eigenvalue weighted by Crippen LogP contribution is -2.31. The van der Waals surface area contributed by atoms with E-state index < -0.39 is 11.9 Å². The number of rotatable bonds is 3. The number of benzene rings is 2. The molecule has 1 heterocycles. The lowest BCUT2D eigenvalue weighted by atomic mass is 9.77. The van der Waals surface area contributed by atoms with E-state index in [1.807, 2.05) is 30.3 Å². The van der Waals surface area contributed by atoms with Crippen LogP contribution in [0, 0.1) is 5.92 Å². The van der Waals surface area contributed by atoms with Crippen molar-refractivity contribution in [1.82, 2.24) is 5.01 Å². The molecule has 2 unspecified atom stereocenters. The number of aliphatic carboxylic acids is 1. The number of carbonyl (C=O) groups is 2. The Bertz CT molecular complexity index is 966. The van der Waals surface area contributed by atoms with Crippen molar-refractivity contribution >= 4 is 29.2 Å². The molecule has 1 aliphatic carbocycles. The fraction of sp³-hybridized carbons (Fsp3) is 0.190. The third-order valence-electron chi connectivity index (χ3n) is 5.04. The number of hydrogen-bond donors (Lipinski definition) is 1. The molecule has 5 nitrogen and oxygen atoms in total. The summed E-state index contributed by atoms with van der Waals surface area (Å²) in [5.74, 6) is -1.55. The van der Waals surface area contributed by atoms with Gasteiger partial charge in [0.15, 0.2) is 0 Å². The number of carboxylic acids is 1. The van der Waals surface area contributed by atoms with Crippen molar-refractivity contribution in [3.63, 3.8) is 0 Å². The topological polar surface area (TPSA) is 70.0 Å². The molecule has 4 rings (SSSR count). The van der Waals surface area contributed by atoms with E-state index in [-0.39, 0.29) is 12.0 Å². The molecule has 0 saturated heterocycles. The Hall–Kier alpha value is -2.92. The molecule has 27 heavy (non-hydrogen) atoms. The van der Waals surface area contributed by atoms with E-state index >= 15 is 0 Å². The predicted molar refractivity (Wildman–Crippen MR) is 103 cm³/mol. The number of carbonyl (C=O) groups excluding carboxylic acids is 1. The van der Waals surface area contributed by atoms with Gasteiger partial charge in [0.2, 0.25) is 0 Å². The van der Waals surface area contributed by atoms with Crippen LogP contribution in [-0.2, 0) is 16.0 Å².